The van der Waals surface area contributed by atoms with E-state index in [1.54, 1.807) is 23.2 Å². The number of esters is 1. The highest BCUT2D eigenvalue weighted by molar-refractivity contribution is 6.12. The van der Waals surface area contributed by atoms with Crippen molar-refractivity contribution in [2.75, 3.05) is 0 Å². The maximum absolute atomic E-state index is 11.8. The van der Waals surface area contributed by atoms with Crippen LogP contribution < -0.4 is 0 Å². The third kappa shape index (κ3) is 2.38. The molecule has 0 radical (unpaired) electrons. The summed E-state index contributed by atoms with van der Waals surface area (Å²) in [6, 6.07) is 7.68. The molecule has 0 saturated carbocycles. The molecular weight excluding hydrogens is 254 g/mol. The number of carbonyl (C=O) groups is 1. The molecular formula is C15H13N3O2. The van der Waals surface area contributed by atoms with Crippen LogP contribution in [0.5, 0.6) is 0 Å². The highest BCUT2D eigenvalue weighted by atomic mass is 16.6. The number of nitrogens with zero attached hydrogens (tertiary/aromatic N) is 3. The SMILES string of the molecule is Cc1cccc(C2=N/C(=C/c3cnn(C)c3)C(=O)O2)c1. The fraction of sp³-hybridized carbons (Fsp3) is 0.133. The summed E-state index contributed by atoms with van der Waals surface area (Å²) < 4.78 is 6.87. The van der Waals surface area contributed by atoms with Crippen LogP contribution in [0.4, 0.5) is 0 Å². The molecule has 2 aromatic rings. The van der Waals surface area contributed by atoms with Gasteiger partial charge in [0.15, 0.2) is 5.70 Å². The van der Waals surface area contributed by atoms with Gasteiger partial charge >= 0.3 is 5.97 Å². The minimum absolute atomic E-state index is 0.287. The Morgan fingerprint density at radius 1 is 1.35 bits per heavy atom. The quantitative estimate of drug-likeness (QED) is 0.618. The van der Waals surface area contributed by atoms with E-state index in [9.17, 15) is 4.79 Å². The summed E-state index contributed by atoms with van der Waals surface area (Å²) >= 11 is 0. The van der Waals surface area contributed by atoms with Gasteiger partial charge in [-0.25, -0.2) is 9.79 Å². The van der Waals surface area contributed by atoms with Gasteiger partial charge in [-0.1, -0.05) is 17.7 Å². The second-order valence-corrected chi connectivity index (χ2v) is 4.65. The Hall–Kier alpha value is -2.69. The van der Waals surface area contributed by atoms with Crippen molar-refractivity contribution < 1.29 is 9.53 Å². The van der Waals surface area contributed by atoms with Crippen LogP contribution in [-0.2, 0) is 16.6 Å². The molecule has 2 heterocycles. The summed E-state index contributed by atoms with van der Waals surface area (Å²) in [5.41, 5.74) is 2.99. The van der Waals surface area contributed by atoms with Crippen molar-refractivity contribution in [2.24, 2.45) is 12.0 Å². The molecule has 100 valence electrons. The summed E-state index contributed by atoms with van der Waals surface area (Å²) in [5.74, 6) is -0.0980. The van der Waals surface area contributed by atoms with E-state index in [4.69, 9.17) is 4.74 Å². The standard InChI is InChI=1S/C15H13N3O2/c1-10-4-3-5-12(6-10)14-17-13(15(19)20-14)7-11-8-16-18(2)9-11/h3-9H,1-2H3/b13-7+. The molecule has 0 amide bonds. The lowest BCUT2D eigenvalue weighted by Gasteiger charge is -1.99. The molecule has 1 aliphatic heterocycles. The lowest BCUT2D eigenvalue weighted by molar-refractivity contribution is -0.129. The van der Waals surface area contributed by atoms with Gasteiger partial charge in [0, 0.05) is 24.4 Å². The van der Waals surface area contributed by atoms with Gasteiger partial charge in [0.05, 0.1) is 6.20 Å². The van der Waals surface area contributed by atoms with Crippen molar-refractivity contribution in [3.05, 3.63) is 59.0 Å². The van der Waals surface area contributed by atoms with Gasteiger partial charge in [0.25, 0.3) is 0 Å². The van der Waals surface area contributed by atoms with Crippen molar-refractivity contribution in [1.29, 1.82) is 0 Å². The zero-order valence-electron chi connectivity index (χ0n) is 11.2. The summed E-state index contributed by atoms with van der Waals surface area (Å²) in [7, 11) is 1.82. The van der Waals surface area contributed by atoms with E-state index in [1.165, 1.54) is 0 Å². The van der Waals surface area contributed by atoms with E-state index in [0.717, 1.165) is 16.7 Å². The van der Waals surface area contributed by atoms with E-state index in [1.807, 2.05) is 38.2 Å². The van der Waals surface area contributed by atoms with Gasteiger partial charge in [-0.15, -0.1) is 0 Å². The predicted molar refractivity (Wildman–Crippen MR) is 75.0 cm³/mol. The molecule has 1 aliphatic rings. The highest BCUT2D eigenvalue weighted by Crippen LogP contribution is 2.19. The minimum atomic E-state index is -0.439. The maximum atomic E-state index is 11.8. The minimum Gasteiger partial charge on any atom is -0.402 e. The van der Waals surface area contributed by atoms with Gasteiger partial charge in [-0.05, 0) is 25.1 Å². The second-order valence-electron chi connectivity index (χ2n) is 4.65. The highest BCUT2D eigenvalue weighted by Gasteiger charge is 2.24. The fourth-order valence-corrected chi connectivity index (χ4v) is 1.98. The van der Waals surface area contributed by atoms with Crippen molar-refractivity contribution >= 4 is 17.9 Å². The van der Waals surface area contributed by atoms with E-state index in [2.05, 4.69) is 10.1 Å². The molecule has 1 aromatic carbocycles. The number of aromatic nitrogens is 2. The Bertz CT molecular complexity index is 741. The summed E-state index contributed by atoms with van der Waals surface area (Å²) in [4.78, 5) is 16.1. The monoisotopic (exact) mass is 267 g/mol. The number of rotatable bonds is 2. The summed E-state index contributed by atoms with van der Waals surface area (Å²) in [5, 5.41) is 4.04. The lowest BCUT2D eigenvalue weighted by Crippen LogP contribution is -2.05. The van der Waals surface area contributed by atoms with Crippen LogP contribution in [0, 0.1) is 6.92 Å². The molecule has 0 spiro atoms. The van der Waals surface area contributed by atoms with E-state index >= 15 is 0 Å². The first-order valence-electron chi connectivity index (χ1n) is 6.20. The van der Waals surface area contributed by atoms with Gasteiger partial charge in [-0.3, -0.25) is 4.68 Å². The van der Waals surface area contributed by atoms with Crippen LogP contribution in [0.15, 0.2) is 47.3 Å². The number of carbonyl (C=O) groups excluding carboxylic acids is 1. The number of hydrogen-bond donors (Lipinski definition) is 0. The molecule has 0 bridgehead atoms. The van der Waals surface area contributed by atoms with Gasteiger partial charge < -0.3 is 4.74 Å². The van der Waals surface area contributed by atoms with E-state index in [0.29, 0.717) is 5.90 Å². The Kier molecular flexibility index (Phi) is 2.95. The molecule has 3 rings (SSSR count). The topological polar surface area (TPSA) is 56.5 Å². The third-order valence-electron chi connectivity index (χ3n) is 2.91. The fourth-order valence-electron chi connectivity index (χ4n) is 1.98. The van der Waals surface area contributed by atoms with Crippen molar-refractivity contribution in [1.82, 2.24) is 9.78 Å². The Balaban J connectivity index is 1.94. The molecule has 0 unspecified atom stereocenters. The van der Waals surface area contributed by atoms with Crippen LogP contribution in [0.3, 0.4) is 0 Å². The van der Waals surface area contributed by atoms with Gasteiger partial charge in [0.1, 0.15) is 0 Å². The molecule has 1 aromatic heterocycles. The largest absolute Gasteiger partial charge is 0.402 e. The van der Waals surface area contributed by atoms with Crippen LogP contribution in [-0.4, -0.2) is 21.6 Å². The number of hydrogen-bond acceptors (Lipinski definition) is 4. The second kappa shape index (κ2) is 4.77. The molecule has 0 atom stereocenters. The third-order valence-corrected chi connectivity index (χ3v) is 2.91. The van der Waals surface area contributed by atoms with Crippen LogP contribution >= 0.6 is 0 Å². The zero-order chi connectivity index (χ0) is 14.1. The first kappa shape index (κ1) is 12.3. The predicted octanol–water partition coefficient (Wildman–Crippen LogP) is 2.07. The number of ether oxygens (including phenoxy) is 1. The molecule has 0 fully saturated rings. The number of aliphatic imine (C=N–C) groups is 1. The van der Waals surface area contributed by atoms with E-state index < -0.39 is 5.97 Å². The first-order chi connectivity index (χ1) is 9.61. The summed E-state index contributed by atoms with van der Waals surface area (Å²) in [6.07, 6.45) is 5.14. The Morgan fingerprint density at radius 2 is 2.20 bits per heavy atom. The smallest absolute Gasteiger partial charge is 0.363 e. The van der Waals surface area contributed by atoms with Gasteiger partial charge in [0.2, 0.25) is 5.90 Å². The average molecular weight is 267 g/mol. The van der Waals surface area contributed by atoms with Crippen LogP contribution in [0.2, 0.25) is 0 Å². The molecule has 0 saturated heterocycles. The number of aryl methyl sites for hydroxylation is 2. The maximum Gasteiger partial charge on any atom is 0.363 e. The normalized spacial score (nSPS) is 16.4. The first-order valence-corrected chi connectivity index (χ1v) is 6.20. The Labute approximate surface area is 116 Å². The van der Waals surface area contributed by atoms with Crippen molar-refractivity contribution in [3.63, 3.8) is 0 Å². The lowest BCUT2D eigenvalue weighted by atomic mass is 10.1. The summed E-state index contributed by atoms with van der Waals surface area (Å²) in [6.45, 7) is 1.98. The number of cyclic esters (lactones) is 1. The van der Waals surface area contributed by atoms with Crippen LogP contribution in [0.25, 0.3) is 6.08 Å². The van der Waals surface area contributed by atoms with Crippen molar-refractivity contribution in [2.45, 2.75) is 6.92 Å². The van der Waals surface area contributed by atoms with E-state index in [-0.39, 0.29) is 5.70 Å². The number of benzene rings is 1. The molecule has 0 aliphatic carbocycles. The van der Waals surface area contributed by atoms with Gasteiger partial charge in [-0.2, -0.15) is 5.10 Å². The zero-order valence-corrected chi connectivity index (χ0v) is 11.2. The molecule has 0 N–H and O–H groups in total. The molecule has 20 heavy (non-hydrogen) atoms. The average Bonchev–Trinajstić information content (AvgIpc) is 2.97. The Morgan fingerprint density at radius 3 is 2.90 bits per heavy atom. The van der Waals surface area contributed by atoms with Crippen LogP contribution in [0.1, 0.15) is 16.7 Å². The molecule has 5 heteroatoms. The molecule has 5 nitrogen and oxygen atoms in total. The van der Waals surface area contributed by atoms with Crippen molar-refractivity contribution in [3.8, 4) is 0 Å².